The molecule has 0 atom stereocenters. The first-order chi connectivity index (χ1) is 6.81. The Morgan fingerprint density at radius 2 is 2.14 bits per heavy atom. The van der Waals surface area contributed by atoms with E-state index in [4.69, 9.17) is 11.0 Å². The van der Waals surface area contributed by atoms with Crippen molar-refractivity contribution >= 4 is 5.82 Å². The molecule has 0 radical (unpaired) electrons. The first-order valence-corrected chi connectivity index (χ1v) is 4.11. The van der Waals surface area contributed by atoms with Crippen LogP contribution < -0.4 is 5.73 Å². The van der Waals surface area contributed by atoms with Gasteiger partial charge >= 0.3 is 0 Å². The third-order valence-corrected chi connectivity index (χ3v) is 1.94. The fourth-order valence-electron chi connectivity index (χ4n) is 1.29. The zero-order valence-corrected chi connectivity index (χ0v) is 7.36. The molecule has 0 aliphatic heterocycles. The van der Waals surface area contributed by atoms with E-state index in [1.807, 2.05) is 18.2 Å². The fourth-order valence-corrected chi connectivity index (χ4v) is 1.29. The number of hydrogen-bond acceptors (Lipinski definition) is 3. The van der Waals surface area contributed by atoms with Crippen molar-refractivity contribution in [3.8, 4) is 17.3 Å². The van der Waals surface area contributed by atoms with Crippen LogP contribution in [-0.4, -0.2) is 10.2 Å². The number of rotatable bonds is 1. The molecule has 0 fully saturated rings. The largest absolute Gasteiger partial charge is 0.382 e. The molecule has 4 nitrogen and oxygen atoms in total. The molecule has 2 aromatic rings. The van der Waals surface area contributed by atoms with Crippen molar-refractivity contribution in [1.29, 1.82) is 5.26 Å². The monoisotopic (exact) mass is 184 g/mol. The van der Waals surface area contributed by atoms with Crippen LogP contribution in [0.5, 0.6) is 0 Å². The minimum absolute atomic E-state index is 0.424. The highest BCUT2D eigenvalue weighted by Crippen LogP contribution is 2.21. The van der Waals surface area contributed by atoms with E-state index in [1.165, 1.54) is 0 Å². The fraction of sp³-hybridized carbons (Fsp3) is 0. The number of nitriles is 1. The molecule has 0 bridgehead atoms. The van der Waals surface area contributed by atoms with Crippen molar-refractivity contribution in [3.63, 3.8) is 0 Å². The van der Waals surface area contributed by atoms with Gasteiger partial charge in [-0.3, -0.25) is 5.10 Å². The summed E-state index contributed by atoms with van der Waals surface area (Å²) in [4.78, 5) is 0. The van der Waals surface area contributed by atoms with Gasteiger partial charge in [0.2, 0.25) is 0 Å². The molecule has 0 amide bonds. The Balaban J connectivity index is 2.57. The summed E-state index contributed by atoms with van der Waals surface area (Å²) < 4.78 is 0. The minimum Gasteiger partial charge on any atom is -0.382 e. The van der Waals surface area contributed by atoms with E-state index in [9.17, 15) is 0 Å². The lowest BCUT2D eigenvalue weighted by Crippen LogP contribution is -1.83. The molecule has 3 N–H and O–H groups in total. The maximum atomic E-state index is 8.87. The SMILES string of the molecule is N#Cc1ccccc1-c1cc(N)n[nH]1. The Hall–Kier alpha value is -2.28. The number of aromatic nitrogens is 2. The number of aromatic amines is 1. The van der Waals surface area contributed by atoms with E-state index < -0.39 is 0 Å². The van der Waals surface area contributed by atoms with Gasteiger partial charge in [-0.15, -0.1) is 0 Å². The maximum Gasteiger partial charge on any atom is 0.145 e. The predicted molar refractivity (Wildman–Crippen MR) is 53.2 cm³/mol. The zero-order chi connectivity index (χ0) is 9.97. The second-order valence-corrected chi connectivity index (χ2v) is 2.86. The molecule has 0 aliphatic carbocycles. The average molecular weight is 184 g/mol. The number of nitrogens with one attached hydrogen (secondary N) is 1. The quantitative estimate of drug-likeness (QED) is 0.705. The van der Waals surface area contributed by atoms with E-state index in [0.29, 0.717) is 11.4 Å². The molecular formula is C10H8N4. The minimum atomic E-state index is 0.424. The normalized spacial score (nSPS) is 9.64. The third kappa shape index (κ3) is 1.31. The lowest BCUT2D eigenvalue weighted by atomic mass is 10.1. The molecule has 0 saturated heterocycles. The summed E-state index contributed by atoms with van der Waals surface area (Å²) in [6, 6.07) is 11.1. The smallest absolute Gasteiger partial charge is 0.145 e. The average Bonchev–Trinajstić information content (AvgIpc) is 2.65. The summed E-state index contributed by atoms with van der Waals surface area (Å²) in [6.07, 6.45) is 0. The van der Waals surface area contributed by atoms with E-state index in [1.54, 1.807) is 12.1 Å². The van der Waals surface area contributed by atoms with Gasteiger partial charge < -0.3 is 5.73 Å². The van der Waals surface area contributed by atoms with Crippen molar-refractivity contribution in [2.45, 2.75) is 0 Å². The standard InChI is InChI=1S/C10H8N4/c11-6-7-3-1-2-4-8(7)9-5-10(12)14-13-9/h1-5H,(H3,12,13,14). The number of hydrogen-bond donors (Lipinski definition) is 2. The molecule has 14 heavy (non-hydrogen) atoms. The van der Waals surface area contributed by atoms with E-state index in [2.05, 4.69) is 16.3 Å². The van der Waals surface area contributed by atoms with Crippen molar-refractivity contribution in [1.82, 2.24) is 10.2 Å². The maximum absolute atomic E-state index is 8.87. The second kappa shape index (κ2) is 3.23. The molecule has 1 aromatic carbocycles. The van der Waals surface area contributed by atoms with Crippen LogP contribution in [0, 0.1) is 11.3 Å². The van der Waals surface area contributed by atoms with Crippen molar-refractivity contribution in [2.75, 3.05) is 5.73 Å². The number of H-pyrrole nitrogens is 1. The van der Waals surface area contributed by atoms with Gasteiger partial charge in [-0.05, 0) is 6.07 Å². The van der Waals surface area contributed by atoms with Crippen molar-refractivity contribution < 1.29 is 0 Å². The summed E-state index contributed by atoms with van der Waals surface area (Å²) in [5, 5.41) is 15.5. The van der Waals surface area contributed by atoms with Crippen LogP contribution in [0.25, 0.3) is 11.3 Å². The highest BCUT2D eigenvalue weighted by Gasteiger charge is 2.05. The summed E-state index contributed by atoms with van der Waals surface area (Å²) in [5.41, 5.74) is 7.67. The van der Waals surface area contributed by atoms with Gasteiger partial charge in [0, 0.05) is 11.6 Å². The van der Waals surface area contributed by atoms with Gasteiger partial charge in [-0.25, -0.2) is 0 Å². The van der Waals surface area contributed by atoms with Crippen LogP contribution >= 0.6 is 0 Å². The topological polar surface area (TPSA) is 78.5 Å². The van der Waals surface area contributed by atoms with Gasteiger partial charge in [0.25, 0.3) is 0 Å². The van der Waals surface area contributed by atoms with Gasteiger partial charge in [-0.1, -0.05) is 18.2 Å². The van der Waals surface area contributed by atoms with E-state index in [0.717, 1.165) is 11.3 Å². The molecule has 0 saturated carbocycles. The Morgan fingerprint density at radius 1 is 1.36 bits per heavy atom. The van der Waals surface area contributed by atoms with Gasteiger partial charge in [0.1, 0.15) is 5.82 Å². The van der Waals surface area contributed by atoms with Crippen LogP contribution in [-0.2, 0) is 0 Å². The molecule has 1 aromatic heterocycles. The molecule has 0 aliphatic rings. The van der Waals surface area contributed by atoms with E-state index in [-0.39, 0.29) is 0 Å². The zero-order valence-electron chi connectivity index (χ0n) is 7.36. The summed E-state index contributed by atoms with van der Waals surface area (Å²) in [5.74, 6) is 0.424. The van der Waals surface area contributed by atoms with Crippen LogP contribution in [0.1, 0.15) is 5.56 Å². The Kier molecular flexibility index (Phi) is 1.92. The predicted octanol–water partition coefficient (Wildman–Crippen LogP) is 1.53. The number of benzene rings is 1. The van der Waals surface area contributed by atoms with Gasteiger partial charge in [0.15, 0.2) is 0 Å². The number of nitrogens with zero attached hydrogens (tertiary/aromatic N) is 2. The van der Waals surface area contributed by atoms with Gasteiger partial charge in [-0.2, -0.15) is 10.4 Å². The number of anilines is 1. The van der Waals surface area contributed by atoms with Gasteiger partial charge in [0.05, 0.1) is 17.3 Å². The molecule has 2 rings (SSSR count). The highest BCUT2D eigenvalue weighted by molar-refractivity contribution is 5.68. The molecule has 0 spiro atoms. The first kappa shape index (κ1) is 8.32. The van der Waals surface area contributed by atoms with Crippen LogP contribution in [0.2, 0.25) is 0 Å². The lowest BCUT2D eigenvalue weighted by molar-refractivity contribution is 1.10. The van der Waals surface area contributed by atoms with E-state index >= 15 is 0 Å². The summed E-state index contributed by atoms with van der Waals surface area (Å²) >= 11 is 0. The Bertz CT molecular complexity index is 493. The number of nitrogens with two attached hydrogens (primary N) is 1. The molecular weight excluding hydrogens is 176 g/mol. The molecule has 68 valence electrons. The Labute approximate surface area is 81.0 Å². The molecule has 4 heteroatoms. The van der Waals surface area contributed by atoms with Crippen LogP contribution in [0.4, 0.5) is 5.82 Å². The van der Waals surface area contributed by atoms with Crippen molar-refractivity contribution in [2.24, 2.45) is 0 Å². The number of nitrogen functional groups attached to an aromatic ring is 1. The lowest BCUT2D eigenvalue weighted by Gasteiger charge is -1.98. The molecule has 0 unspecified atom stereocenters. The van der Waals surface area contributed by atoms with Crippen LogP contribution in [0.3, 0.4) is 0 Å². The summed E-state index contributed by atoms with van der Waals surface area (Å²) in [7, 11) is 0. The van der Waals surface area contributed by atoms with Crippen molar-refractivity contribution in [3.05, 3.63) is 35.9 Å². The second-order valence-electron chi connectivity index (χ2n) is 2.86. The third-order valence-electron chi connectivity index (χ3n) is 1.94. The summed E-state index contributed by atoms with van der Waals surface area (Å²) in [6.45, 7) is 0. The van der Waals surface area contributed by atoms with Crippen LogP contribution in [0.15, 0.2) is 30.3 Å². The Morgan fingerprint density at radius 3 is 2.79 bits per heavy atom. The first-order valence-electron chi connectivity index (χ1n) is 4.11. The highest BCUT2D eigenvalue weighted by atomic mass is 15.2. The molecule has 1 heterocycles.